The summed E-state index contributed by atoms with van der Waals surface area (Å²) in [5.41, 5.74) is 1.17. The molecular formula is C21H28ClN5O3S. The number of aromatic nitrogens is 2. The fourth-order valence-electron chi connectivity index (χ4n) is 4.15. The molecule has 3 heterocycles. The Labute approximate surface area is 188 Å². The zero-order chi connectivity index (χ0) is 22.2. The lowest BCUT2D eigenvalue weighted by molar-refractivity contribution is 0.0693. The highest BCUT2D eigenvalue weighted by Crippen LogP contribution is 2.25. The maximum Gasteiger partial charge on any atom is 0.263 e. The van der Waals surface area contributed by atoms with Gasteiger partial charge in [-0.25, -0.2) is 8.42 Å². The fourth-order valence-corrected chi connectivity index (χ4v) is 5.81. The number of carbonyl (C=O) groups excluding carboxylic acids is 1. The van der Waals surface area contributed by atoms with Crippen molar-refractivity contribution in [2.24, 2.45) is 13.0 Å². The average molecular weight is 466 g/mol. The molecule has 1 amide bonds. The molecule has 0 N–H and O–H groups in total. The maximum absolute atomic E-state index is 13.4. The molecule has 2 fully saturated rings. The first kappa shape index (κ1) is 22.1. The predicted octanol–water partition coefficient (Wildman–Crippen LogP) is 2.46. The van der Waals surface area contributed by atoms with Crippen molar-refractivity contribution in [1.82, 2.24) is 19.0 Å². The zero-order valence-corrected chi connectivity index (χ0v) is 19.4. The molecule has 0 bridgehead atoms. The minimum atomic E-state index is -3.87. The van der Waals surface area contributed by atoms with Gasteiger partial charge in [-0.3, -0.25) is 9.48 Å². The molecule has 8 nitrogen and oxygen atoms in total. The Hall–Kier alpha value is -2.10. The Morgan fingerprint density at radius 1 is 1.03 bits per heavy atom. The molecule has 1 aromatic heterocycles. The van der Waals surface area contributed by atoms with Gasteiger partial charge in [0, 0.05) is 63.2 Å². The number of likely N-dealkylation sites (tertiary alicyclic amines) is 1. The Morgan fingerprint density at radius 2 is 1.65 bits per heavy atom. The minimum Gasteiger partial charge on any atom is -0.369 e. The summed E-state index contributed by atoms with van der Waals surface area (Å²) >= 11 is 5.96. The number of hydrogen-bond acceptors (Lipinski definition) is 5. The molecule has 168 valence electrons. The smallest absolute Gasteiger partial charge is 0.263 e. The first-order valence-electron chi connectivity index (χ1n) is 10.6. The molecule has 31 heavy (non-hydrogen) atoms. The van der Waals surface area contributed by atoms with Gasteiger partial charge in [0.25, 0.3) is 15.9 Å². The summed E-state index contributed by atoms with van der Waals surface area (Å²) in [6, 6.07) is 7.52. The zero-order valence-electron chi connectivity index (χ0n) is 17.9. The maximum atomic E-state index is 13.4. The Bertz CT molecular complexity index is 1040. The van der Waals surface area contributed by atoms with Crippen LogP contribution < -0.4 is 4.90 Å². The van der Waals surface area contributed by atoms with E-state index in [9.17, 15) is 13.2 Å². The van der Waals surface area contributed by atoms with Gasteiger partial charge in [-0.2, -0.15) is 9.40 Å². The van der Waals surface area contributed by atoms with Crippen LogP contribution in [0.25, 0.3) is 0 Å². The van der Waals surface area contributed by atoms with Crippen molar-refractivity contribution < 1.29 is 13.2 Å². The Kier molecular flexibility index (Phi) is 6.27. The summed E-state index contributed by atoms with van der Waals surface area (Å²) in [6.07, 6.45) is 3.39. The lowest BCUT2D eigenvalue weighted by Crippen LogP contribution is -2.49. The van der Waals surface area contributed by atoms with Crippen LogP contribution in [0.4, 0.5) is 5.69 Å². The summed E-state index contributed by atoms with van der Waals surface area (Å²) < 4.78 is 29.6. The number of benzene rings is 1. The van der Waals surface area contributed by atoms with Gasteiger partial charge in [0.15, 0.2) is 0 Å². The standard InChI is InChI=1S/C21H28ClN5O3S/c1-16-7-9-26(10-8-16)21(28)19-15-24(2)23-20(19)31(29,30)27-13-11-25(12-14-27)18-5-3-17(22)4-6-18/h3-6,15-16H,7-14H2,1-2H3. The minimum absolute atomic E-state index is 0.140. The van der Waals surface area contributed by atoms with E-state index < -0.39 is 10.0 Å². The van der Waals surface area contributed by atoms with Crippen LogP contribution >= 0.6 is 11.6 Å². The average Bonchev–Trinajstić information content (AvgIpc) is 3.17. The van der Waals surface area contributed by atoms with Crippen LogP contribution in [0.3, 0.4) is 0 Å². The molecule has 2 aromatic rings. The number of sulfonamides is 1. The van der Waals surface area contributed by atoms with Crippen molar-refractivity contribution in [3.8, 4) is 0 Å². The molecular weight excluding hydrogens is 438 g/mol. The van der Waals surface area contributed by atoms with Gasteiger partial charge in [0.05, 0.1) is 5.56 Å². The Balaban J connectivity index is 1.50. The van der Waals surface area contributed by atoms with Crippen molar-refractivity contribution in [3.63, 3.8) is 0 Å². The van der Waals surface area contributed by atoms with Crippen LogP contribution in [0.1, 0.15) is 30.1 Å². The van der Waals surface area contributed by atoms with E-state index in [0.29, 0.717) is 50.2 Å². The summed E-state index contributed by atoms with van der Waals surface area (Å²) in [4.78, 5) is 17.0. The van der Waals surface area contributed by atoms with E-state index in [1.807, 2.05) is 24.3 Å². The van der Waals surface area contributed by atoms with Gasteiger partial charge in [0.1, 0.15) is 0 Å². The third-order valence-corrected chi connectivity index (χ3v) is 8.20. The number of piperazine rings is 1. The first-order chi connectivity index (χ1) is 14.8. The molecule has 0 atom stereocenters. The first-order valence-corrected chi connectivity index (χ1v) is 12.4. The lowest BCUT2D eigenvalue weighted by Gasteiger charge is -2.35. The number of aryl methyl sites for hydroxylation is 1. The van der Waals surface area contributed by atoms with Gasteiger partial charge >= 0.3 is 0 Å². The number of carbonyl (C=O) groups is 1. The van der Waals surface area contributed by atoms with E-state index >= 15 is 0 Å². The quantitative estimate of drug-likeness (QED) is 0.693. The SMILES string of the molecule is CC1CCN(C(=O)c2cn(C)nc2S(=O)(=O)N2CCN(c3ccc(Cl)cc3)CC2)CC1. The van der Waals surface area contributed by atoms with E-state index in [1.165, 1.54) is 15.2 Å². The van der Waals surface area contributed by atoms with Crippen LogP contribution in [0.5, 0.6) is 0 Å². The van der Waals surface area contributed by atoms with Gasteiger partial charge in [-0.1, -0.05) is 18.5 Å². The van der Waals surface area contributed by atoms with Crippen molar-refractivity contribution in [3.05, 3.63) is 41.0 Å². The van der Waals surface area contributed by atoms with Gasteiger partial charge < -0.3 is 9.80 Å². The van der Waals surface area contributed by atoms with E-state index in [2.05, 4.69) is 16.9 Å². The molecule has 1 aromatic carbocycles. The predicted molar refractivity (Wildman–Crippen MR) is 120 cm³/mol. The third kappa shape index (κ3) is 4.58. The molecule has 0 saturated carbocycles. The van der Waals surface area contributed by atoms with Crippen LogP contribution in [0.15, 0.2) is 35.5 Å². The largest absolute Gasteiger partial charge is 0.369 e. The third-order valence-electron chi connectivity index (χ3n) is 6.11. The van der Waals surface area contributed by atoms with Gasteiger partial charge in [-0.05, 0) is 43.0 Å². The van der Waals surface area contributed by atoms with Gasteiger partial charge in [-0.15, -0.1) is 0 Å². The molecule has 10 heteroatoms. The number of anilines is 1. The number of nitrogens with zero attached hydrogens (tertiary/aromatic N) is 5. The Morgan fingerprint density at radius 3 is 2.26 bits per heavy atom. The normalized spacial score (nSPS) is 19.1. The highest BCUT2D eigenvalue weighted by molar-refractivity contribution is 7.89. The molecule has 0 radical (unpaired) electrons. The second-order valence-corrected chi connectivity index (χ2v) is 10.7. The van der Waals surface area contributed by atoms with E-state index in [0.717, 1.165) is 18.5 Å². The molecule has 0 spiro atoms. The second kappa shape index (κ2) is 8.80. The van der Waals surface area contributed by atoms with Crippen LogP contribution in [0, 0.1) is 5.92 Å². The highest BCUT2D eigenvalue weighted by atomic mass is 35.5. The topological polar surface area (TPSA) is 78.8 Å². The van der Waals surface area contributed by atoms with E-state index in [-0.39, 0.29) is 16.5 Å². The highest BCUT2D eigenvalue weighted by Gasteiger charge is 2.36. The monoisotopic (exact) mass is 465 g/mol. The molecule has 2 aliphatic heterocycles. The summed E-state index contributed by atoms with van der Waals surface area (Å²) in [5.74, 6) is 0.330. The van der Waals surface area contributed by atoms with Crippen molar-refractivity contribution in [2.75, 3.05) is 44.2 Å². The number of hydrogen-bond donors (Lipinski definition) is 0. The number of piperidine rings is 1. The lowest BCUT2D eigenvalue weighted by atomic mass is 9.99. The van der Waals surface area contributed by atoms with Crippen molar-refractivity contribution in [2.45, 2.75) is 24.8 Å². The van der Waals surface area contributed by atoms with E-state index in [1.54, 1.807) is 11.9 Å². The molecule has 4 rings (SSSR count). The molecule has 0 unspecified atom stereocenters. The fraction of sp³-hybridized carbons (Fsp3) is 0.524. The van der Waals surface area contributed by atoms with Crippen LogP contribution in [-0.2, 0) is 17.1 Å². The van der Waals surface area contributed by atoms with Gasteiger partial charge in [0.2, 0.25) is 5.03 Å². The van der Waals surface area contributed by atoms with Crippen molar-refractivity contribution in [1.29, 1.82) is 0 Å². The summed E-state index contributed by atoms with van der Waals surface area (Å²) in [6.45, 7) is 5.24. The number of rotatable bonds is 4. The number of halogens is 1. The molecule has 0 aliphatic carbocycles. The molecule has 2 aliphatic rings. The summed E-state index contributed by atoms with van der Waals surface area (Å²) in [5, 5.41) is 4.71. The molecule has 2 saturated heterocycles. The van der Waals surface area contributed by atoms with Crippen LogP contribution in [0.2, 0.25) is 5.02 Å². The second-order valence-electron chi connectivity index (χ2n) is 8.36. The van der Waals surface area contributed by atoms with E-state index in [4.69, 9.17) is 11.6 Å². The van der Waals surface area contributed by atoms with Crippen molar-refractivity contribution >= 4 is 33.2 Å². The van der Waals surface area contributed by atoms with Crippen LogP contribution in [-0.4, -0.2) is 72.6 Å². The number of amides is 1. The summed E-state index contributed by atoms with van der Waals surface area (Å²) in [7, 11) is -2.23.